The van der Waals surface area contributed by atoms with Gasteiger partial charge in [0.15, 0.2) is 0 Å². The van der Waals surface area contributed by atoms with Crippen LogP contribution in [0.4, 0.5) is 4.79 Å². The number of nitrogens with zero attached hydrogens (tertiary/aromatic N) is 2. The van der Waals surface area contributed by atoms with E-state index in [9.17, 15) is 4.79 Å². The Labute approximate surface area is 156 Å². The lowest BCUT2D eigenvalue weighted by molar-refractivity contribution is 0.147. The van der Waals surface area contributed by atoms with Crippen molar-refractivity contribution in [2.45, 2.75) is 6.42 Å². The van der Waals surface area contributed by atoms with Gasteiger partial charge < -0.3 is 10.2 Å². The maximum atomic E-state index is 12.3. The van der Waals surface area contributed by atoms with E-state index in [1.54, 1.807) is 0 Å². The second-order valence-electron chi connectivity index (χ2n) is 6.57. The van der Waals surface area contributed by atoms with Crippen molar-refractivity contribution < 1.29 is 4.79 Å². The summed E-state index contributed by atoms with van der Waals surface area (Å²) >= 11 is 0. The van der Waals surface area contributed by atoms with Gasteiger partial charge in [0.05, 0.1) is 0 Å². The number of nitrogens with one attached hydrogen (secondary N) is 1. The van der Waals surface area contributed by atoms with Crippen molar-refractivity contribution in [1.82, 2.24) is 15.1 Å². The third-order valence-electron chi connectivity index (χ3n) is 4.67. The summed E-state index contributed by atoms with van der Waals surface area (Å²) < 4.78 is 0. The molecule has 0 unspecified atom stereocenters. The van der Waals surface area contributed by atoms with E-state index < -0.39 is 0 Å². The number of hydrogen-bond donors (Lipinski definition) is 1. The smallest absolute Gasteiger partial charge is 0.317 e. The van der Waals surface area contributed by atoms with Crippen LogP contribution in [0.25, 0.3) is 6.08 Å². The summed E-state index contributed by atoms with van der Waals surface area (Å²) in [4.78, 5) is 16.6. The Morgan fingerprint density at radius 1 is 0.923 bits per heavy atom. The summed E-state index contributed by atoms with van der Waals surface area (Å²) in [5, 5.41) is 3.03. The number of carbonyl (C=O) groups is 1. The van der Waals surface area contributed by atoms with Crippen LogP contribution in [-0.2, 0) is 6.42 Å². The molecule has 0 aromatic heterocycles. The van der Waals surface area contributed by atoms with Gasteiger partial charge in [-0.2, -0.15) is 0 Å². The van der Waals surface area contributed by atoms with Gasteiger partial charge in [0.2, 0.25) is 0 Å². The maximum absolute atomic E-state index is 12.3. The molecule has 2 aromatic carbocycles. The minimum absolute atomic E-state index is 0.0559. The monoisotopic (exact) mass is 349 g/mol. The van der Waals surface area contributed by atoms with E-state index >= 15 is 0 Å². The SMILES string of the molecule is O=C(NCCc1ccccc1)N1CCN(CC=Cc2ccccc2)CC1. The molecule has 0 spiro atoms. The molecule has 0 bridgehead atoms. The largest absolute Gasteiger partial charge is 0.338 e. The number of benzene rings is 2. The summed E-state index contributed by atoms with van der Waals surface area (Å²) in [7, 11) is 0. The molecule has 0 atom stereocenters. The molecule has 1 aliphatic rings. The van der Waals surface area contributed by atoms with Gasteiger partial charge in [-0.15, -0.1) is 0 Å². The highest BCUT2D eigenvalue weighted by Gasteiger charge is 2.19. The first-order valence-electron chi connectivity index (χ1n) is 9.32. The lowest BCUT2D eigenvalue weighted by Crippen LogP contribution is -2.51. The number of rotatable bonds is 6. The fourth-order valence-electron chi connectivity index (χ4n) is 3.11. The Bertz CT molecular complexity index is 692. The minimum atomic E-state index is 0.0559. The van der Waals surface area contributed by atoms with E-state index in [1.807, 2.05) is 29.2 Å². The van der Waals surface area contributed by atoms with Gasteiger partial charge in [0.1, 0.15) is 0 Å². The second-order valence-corrected chi connectivity index (χ2v) is 6.57. The highest BCUT2D eigenvalue weighted by molar-refractivity contribution is 5.74. The van der Waals surface area contributed by atoms with Crippen LogP contribution < -0.4 is 5.32 Å². The molecule has 0 aliphatic carbocycles. The summed E-state index contributed by atoms with van der Waals surface area (Å²) in [5.41, 5.74) is 2.48. The fourth-order valence-corrected chi connectivity index (χ4v) is 3.11. The predicted octanol–water partition coefficient (Wildman–Crippen LogP) is 3.27. The zero-order valence-corrected chi connectivity index (χ0v) is 15.2. The topological polar surface area (TPSA) is 35.6 Å². The molecule has 2 amide bonds. The van der Waals surface area contributed by atoms with Gasteiger partial charge in [-0.3, -0.25) is 4.90 Å². The van der Waals surface area contributed by atoms with Crippen molar-refractivity contribution in [3.05, 3.63) is 77.9 Å². The van der Waals surface area contributed by atoms with Gasteiger partial charge in [-0.25, -0.2) is 4.79 Å². The van der Waals surface area contributed by atoms with Crippen LogP contribution in [0.15, 0.2) is 66.7 Å². The third-order valence-corrected chi connectivity index (χ3v) is 4.67. The molecule has 1 aliphatic heterocycles. The van der Waals surface area contributed by atoms with Gasteiger partial charge in [0.25, 0.3) is 0 Å². The Morgan fingerprint density at radius 3 is 2.27 bits per heavy atom. The fraction of sp³-hybridized carbons (Fsp3) is 0.318. The lowest BCUT2D eigenvalue weighted by Gasteiger charge is -2.34. The van der Waals surface area contributed by atoms with E-state index in [0.717, 1.165) is 39.1 Å². The van der Waals surface area contributed by atoms with Gasteiger partial charge in [-0.05, 0) is 17.5 Å². The Hall–Kier alpha value is -2.59. The van der Waals surface area contributed by atoms with E-state index in [-0.39, 0.29) is 6.03 Å². The molecule has 1 saturated heterocycles. The van der Waals surface area contributed by atoms with Crippen LogP contribution in [-0.4, -0.2) is 55.1 Å². The molecule has 2 aromatic rings. The molecule has 4 nitrogen and oxygen atoms in total. The first-order valence-corrected chi connectivity index (χ1v) is 9.32. The predicted molar refractivity (Wildman–Crippen MR) is 107 cm³/mol. The van der Waals surface area contributed by atoms with Crippen molar-refractivity contribution in [2.75, 3.05) is 39.3 Å². The minimum Gasteiger partial charge on any atom is -0.338 e. The van der Waals surface area contributed by atoms with Gasteiger partial charge in [-0.1, -0.05) is 72.8 Å². The molecule has 26 heavy (non-hydrogen) atoms. The zero-order chi connectivity index (χ0) is 18.0. The Kier molecular flexibility index (Phi) is 6.85. The van der Waals surface area contributed by atoms with Crippen molar-refractivity contribution in [3.8, 4) is 0 Å². The highest BCUT2D eigenvalue weighted by Crippen LogP contribution is 2.05. The van der Waals surface area contributed by atoms with E-state index in [4.69, 9.17) is 0 Å². The number of carbonyl (C=O) groups excluding carboxylic acids is 1. The average molecular weight is 349 g/mol. The first-order chi connectivity index (χ1) is 12.8. The third kappa shape index (κ3) is 5.74. The van der Waals surface area contributed by atoms with Crippen molar-refractivity contribution in [1.29, 1.82) is 0 Å². The molecule has 0 radical (unpaired) electrons. The highest BCUT2D eigenvalue weighted by atomic mass is 16.2. The normalized spacial score (nSPS) is 15.3. The quantitative estimate of drug-likeness (QED) is 0.869. The van der Waals surface area contributed by atoms with Gasteiger partial charge >= 0.3 is 6.03 Å². The van der Waals surface area contributed by atoms with Gasteiger partial charge in [0, 0.05) is 39.3 Å². The lowest BCUT2D eigenvalue weighted by atomic mass is 10.1. The number of piperazine rings is 1. The first kappa shape index (κ1) is 18.2. The summed E-state index contributed by atoms with van der Waals surface area (Å²) in [5.74, 6) is 0. The molecular weight excluding hydrogens is 322 g/mol. The van der Waals surface area contributed by atoms with Crippen LogP contribution in [0.2, 0.25) is 0 Å². The summed E-state index contributed by atoms with van der Waals surface area (Å²) in [6, 6.07) is 20.7. The van der Waals surface area contributed by atoms with Crippen molar-refractivity contribution >= 4 is 12.1 Å². The summed E-state index contributed by atoms with van der Waals surface area (Å²) in [6.45, 7) is 5.03. The van der Waals surface area contributed by atoms with Crippen LogP contribution in [0.1, 0.15) is 11.1 Å². The molecule has 1 fully saturated rings. The van der Waals surface area contributed by atoms with Crippen LogP contribution >= 0.6 is 0 Å². The molecule has 1 N–H and O–H groups in total. The van der Waals surface area contributed by atoms with Crippen LogP contribution in [0, 0.1) is 0 Å². The summed E-state index contributed by atoms with van der Waals surface area (Å²) in [6.07, 6.45) is 5.23. The Balaban J connectivity index is 1.34. The average Bonchev–Trinajstić information content (AvgIpc) is 2.70. The van der Waals surface area contributed by atoms with E-state index in [2.05, 4.69) is 58.8 Å². The number of hydrogen-bond acceptors (Lipinski definition) is 2. The molecule has 1 heterocycles. The Morgan fingerprint density at radius 2 is 1.58 bits per heavy atom. The molecule has 136 valence electrons. The maximum Gasteiger partial charge on any atom is 0.317 e. The molecule has 4 heteroatoms. The van der Waals surface area contributed by atoms with Crippen LogP contribution in [0.3, 0.4) is 0 Å². The number of urea groups is 1. The molecule has 0 saturated carbocycles. The molecule has 3 rings (SSSR count). The van der Waals surface area contributed by atoms with Crippen LogP contribution in [0.5, 0.6) is 0 Å². The van der Waals surface area contributed by atoms with Crippen molar-refractivity contribution in [2.24, 2.45) is 0 Å². The zero-order valence-electron chi connectivity index (χ0n) is 15.2. The van der Waals surface area contributed by atoms with E-state index in [0.29, 0.717) is 6.54 Å². The standard InChI is InChI=1S/C22H27N3O/c26-22(23-14-13-21-10-5-2-6-11-21)25-18-16-24(17-19-25)15-7-12-20-8-3-1-4-9-20/h1-12H,13-19H2,(H,23,26). The van der Waals surface area contributed by atoms with Crippen molar-refractivity contribution in [3.63, 3.8) is 0 Å². The number of amides is 2. The second kappa shape index (κ2) is 9.78. The van der Waals surface area contributed by atoms with E-state index in [1.165, 1.54) is 11.1 Å². The molecular formula is C22H27N3O.